The first-order valence-corrected chi connectivity index (χ1v) is 14.5. The minimum atomic E-state index is -0.832. The normalized spacial score (nSPS) is 21.9. The molecule has 200 valence electrons. The first-order valence-electron chi connectivity index (χ1n) is 14.1. The lowest BCUT2D eigenvalue weighted by Gasteiger charge is -2.35. The number of carbonyl (C=O) groups is 1. The molecule has 2 fully saturated rings. The van der Waals surface area contributed by atoms with Gasteiger partial charge in [0.1, 0.15) is 6.04 Å². The van der Waals surface area contributed by atoms with Crippen molar-refractivity contribution in [1.29, 1.82) is 0 Å². The Morgan fingerprint density at radius 2 is 1.55 bits per heavy atom. The van der Waals surface area contributed by atoms with Crippen LogP contribution in [0.15, 0.2) is 84.9 Å². The van der Waals surface area contributed by atoms with E-state index in [0.29, 0.717) is 22.4 Å². The second-order valence-electron chi connectivity index (χ2n) is 11.1. The van der Waals surface area contributed by atoms with E-state index in [9.17, 15) is 9.90 Å². The Hall–Kier alpha value is -2.66. The number of carboxylic acid groups (broad SMARTS) is 1. The summed E-state index contributed by atoms with van der Waals surface area (Å²) in [6, 6.07) is 28.1. The van der Waals surface area contributed by atoms with Gasteiger partial charge >= 0.3 is 5.97 Å². The van der Waals surface area contributed by atoms with Crippen molar-refractivity contribution in [3.8, 4) is 0 Å². The molecule has 38 heavy (non-hydrogen) atoms. The molecule has 3 atom stereocenters. The molecule has 2 aliphatic heterocycles. The van der Waals surface area contributed by atoms with Crippen molar-refractivity contribution < 1.29 is 9.90 Å². The molecule has 0 bridgehead atoms. The first-order chi connectivity index (χ1) is 18.6. The fraction of sp³-hybridized carbons (Fsp3) is 0.424. The maximum atomic E-state index is 12.5. The van der Waals surface area contributed by atoms with Crippen LogP contribution in [-0.4, -0.2) is 53.6 Å². The van der Waals surface area contributed by atoms with Crippen molar-refractivity contribution in [3.63, 3.8) is 0 Å². The van der Waals surface area contributed by atoms with Crippen molar-refractivity contribution in [3.05, 3.63) is 107 Å². The van der Waals surface area contributed by atoms with Gasteiger partial charge in [-0.15, -0.1) is 0 Å². The predicted molar refractivity (Wildman–Crippen MR) is 155 cm³/mol. The number of aliphatic carboxylic acids is 1. The van der Waals surface area contributed by atoms with Gasteiger partial charge in [0.15, 0.2) is 0 Å². The average molecular weight is 531 g/mol. The van der Waals surface area contributed by atoms with Gasteiger partial charge in [-0.3, -0.25) is 9.69 Å². The van der Waals surface area contributed by atoms with Gasteiger partial charge in [0.2, 0.25) is 0 Å². The minimum absolute atomic E-state index is 0.309. The number of likely N-dealkylation sites (tertiary alicyclic amines) is 2. The van der Waals surface area contributed by atoms with Gasteiger partial charge in [-0.05, 0) is 73.4 Å². The van der Waals surface area contributed by atoms with E-state index in [0.717, 1.165) is 38.6 Å². The quantitative estimate of drug-likeness (QED) is 0.309. The van der Waals surface area contributed by atoms with Crippen LogP contribution in [0.3, 0.4) is 0 Å². The largest absolute Gasteiger partial charge is 0.480 e. The molecule has 1 N–H and O–H groups in total. The molecule has 3 aromatic carbocycles. The highest BCUT2D eigenvalue weighted by Crippen LogP contribution is 2.39. The SMILES string of the molecule is O=C(O)[C@@H](c1ccccc1Cl)N1C[C@H](CN2CCC(CCCc3ccccc3)CC2)[C@@H](c2ccccc2)C1. The van der Waals surface area contributed by atoms with Crippen LogP contribution < -0.4 is 0 Å². The minimum Gasteiger partial charge on any atom is -0.480 e. The summed E-state index contributed by atoms with van der Waals surface area (Å²) >= 11 is 6.47. The van der Waals surface area contributed by atoms with Crippen LogP contribution in [0.1, 0.15) is 54.3 Å². The van der Waals surface area contributed by atoms with E-state index in [-0.39, 0.29) is 0 Å². The smallest absolute Gasteiger partial charge is 0.325 e. The highest BCUT2D eigenvalue weighted by atomic mass is 35.5. The Balaban J connectivity index is 1.22. The van der Waals surface area contributed by atoms with Gasteiger partial charge in [-0.2, -0.15) is 0 Å². The van der Waals surface area contributed by atoms with Crippen LogP contribution >= 0.6 is 11.6 Å². The maximum Gasteiger partial charge on any atom is 0.325 e. The lowest BCUT2D eigenvalue weighted by Crippen LogP contribution is -2.39. The van der Waals surface area contributed by atoms with Gasteiger partial charge in [-0.1, -0.05) is 96.9 Å². The van der Waals surface area contributed by atoms with E-state index in [2.05, 4.69) is 70.5 Å². The summed E-state index contributed by atoms with van der Waals surface area (Å²) in [7, 11) is 0. The number of carboxylic acids is 1. The summed E-state index contributed by atoms with van der Waals surface area (Å²) in [5.74, 6) is 0.680. The van der Waals surface area contributed by atoms with Crippen LogP contribution in [0.5, 0.6) is 0 Å². The summed E-state index contributed by atoms with van der Waals surface area (Å²) in [6.45, 7) is 4.79. The number of nitrogens with zero attached hydrogens (tertiary/aromatic N) is 2. The molecule has 3 aromatic rings. The number of hydrogen-bond acceptors (Lipinski definition) is 3. The number of benzene rings is 3. The molecule has 0 aromatic heterocycles. The van der Waals surface area contributed by atoms with Crippen molar-refractivity contribution in [1.82, 2.24) is 9.80 Å². The number of rotatable bonds is 10. The summed E-state index contributed by atoms with van der Waals surface area (Å²) in [4.78, 5) is 17.3. The Labute approximate surface area is 232 Å². The third-order valence-electron chi connectivity index (χ3n) is 8.62. The molecule has 2 aliphatic rings. The fourth-order valence-corrected chi connectivity index (χ4v) is 6.83. The third-order valence-corrected chi connectivity index (χ3v) is 8.96. The van der Waals surface area contributed by atoms with Crippen LogP contribution in [0.4, 0.5) is 0 Å². The van der Waals surface area contributed by atoms with E-state index in [1.165, 1.54) is 43.2 Å². The molecular formula is C33H39ClN2O2. The topological polar surface area (TPSA) is 43.8 Å². The van der Waals surface area contributed by atoms with Crippen LogP contribution in [0, 0.1) is 11.8 Å². The molecule has 2 saturated heterocycles. The zero-order valence-electron chi connectivity index (χ0n) is 22.1. The Bertz CT molecular complexity index is 1160. The molecule has 0 aliphatic carbocycles. The van der Waals surface area contributed by atoms with Crippen LogP contribution in [0.25, 0.3) is 0 Å². The summed E-state index contributed by atoms with van der Waals surface area (Å²) in [6.07, 6.45) is 6.27. The van der Waals surface area contributed by atoms with Crippen LogP contribution in [-0.2, 0) is 11.2 Å². The highest BCUT2D eigenvalue weighted by molar-refractivity contribution is 6.31. The first kappa shape index (κ1) is 26.9. The molecule has 0 unspecified atom stereocenters. The second-order valence-corrected chi connectivity index (χ2v) is 11.5. The van der Waals surface area contributed by atoms with E-state index in [1.807, 2.05) is 18.2 Å². The van der Waals surface area contributed by atoms with Crippen LogP contribution in [0.2, 0.25) is 5.02 Å². The molecular weight excluding hydrogens is 492 g/mol. The average Bonchev–Trinajstić information content (AvgIpc) is 3.35. The predicted octanol–water partition coefficient (Wildman–Crippen LogP) is 6.92. The van der Waals surface area contributed by atoms with Gasteiger partial charge in [0.25, 0.3) is 0 Å². The van der Waals surface area contributed by atoms with Gasteiger partial charge in [-0.25, -0.2) is 0 Å². The molecule has 5 rings (SSSR count). The summed E-state index contributed by atoms with van der Waals surface area (Å²) in [5, 5.41) is 10.8. The Morgan fingerprint density at radius 1 is 0.895 bits per heavy atom. The van der Waals surface area contributed by atoms with E-state index < -0.39 is 12.0 Å². The number of hydrogen-bond donors (Lipinski definition) is 1. The van der Waals surface area contributed by atoms with Crippen molar-refractivity contribution in [2.75, 3.05) is 32.7 Å². The molecule has 0 radical (unpaired) electrons. The molecule has 0 saturated carbocycles. The standard InChI is InChI=1S/C33H39ClN2O2/c34-31-17-8-7-16-29(31)32(33(37)38)36-23-28(30(24-36)27-14-5-2-6-15-27)22-35-20-18-26(19-21-35)13-9-12-25-10-3-1-4-11-25/h1-8,10-11,14-17,26,28,30,32H,9,12-13,18-24H2,(H,37,38)/t28-,30+,32+/m0/s1. The maximum absolute atomic E-state index is 12.5. The van der Waals surface area contributed by atoms with Crippen molar-refractivity contribution in [2.24, 2.45) is 11.8 Å². The molecule has 2 heterocycles. The Morgan fingerprint density at radius 3 is 2.24 bits per heavy atom. The number of piperidine rings is 1. The molecule has 0 spiro atoms. The fourth-order valence-electron chi connectivity index (χ4n) is 6.59. The van der Waals surface area contributed by atoms with E-state index >= 15 is 0 Å². The van der Waals surface area contributed by atoms with E-state index in [1.54, 1.807) is 6.07 Å². The highest BCUT2D eigenvalue weighted by Gasteiger charge is 2.41. The molecule has 0 amide bonds. The van der Waals surface area contributed by atoms with E-state index in [4.69, 9.17) is 11.6 Å². The lowest BCUT2D eigenvalue weighted by molar-refractivity contribution is -0.143. The zero-order valence-corrected chi connectivity index (χ0v) is 22.8. The lowest BCUT2D eigenvalue weighted by atomic mass is 9.87. The van der Waals surface area contributed by atoms with Crippen molar-refractivity contribution >= 4 is 17.6 Å². The summed E-state index contributed by atoms with van der Waals surface area (Å²) in [5.41, 5.74) is 3.43. The third kappa shape index (κ3) is 6.66. The van der Waals surface area contributed by atoms with Gasteiger partial charge in [0, 0.05) is 30.6 Å². The molecule has 4 nitrogen and oxygen atoms in total. The monoisotopic (exact) mass is 530 g/mol. The Kier molecular flexibility index (Phi) is 9.16. The zero-order chi connectivity index (χ0) is 26.3. The number of aryl methyl sites for hydroxylation is 1. The summed E-state index contributed by atoms with van der Waals surface area (Å²) < 4.78 is 0. The van der Waals surface area contributed by atoms with Gasteiger partial charge in [0.05, 0.1) is 0 Å². The van der Waals surface area contributed by atoms with Crippen molar-refractivity contribution in [2.45, 2.75) is 44.1 Å². The number of halogens is 1. The molecule has 5 heteroatoms. The van der Waals surface area contributed by atoms with Gasteiger partial charge < -0.3 is 10.0 Å². The second kappa shape index (κ2) is 12.9.